The second-order valence-corrected chi connectivity index (χ2v) is 4.96. The number of nitrogens with one attached hydrogen (secondary N) is 1. The largest absolute Gasteiger partial charge is 0.507 e. The molecule has 0 fully saturated rings. The fraction of sp³-hybridized carbons (Fsp3) is 0.154. The molecule has 0 bridgehead atoms. The topological polar surface area (TPSA) is 70.4 Å². The van der Waals surface area contributed by atoms with E-state index in [1.807, 2.05) is 19.9 Å². The molecule has 0 saturated heterocycles. The molecule has 19 heavy (non-hydrogen) atoms. The first kappa shape index (κ1) is 13.5. The first-order valence-corrected chi connectivity index (χ1v) is 6.44. The molecule has 6 heteroatoms. The number of aryl methyl sites for hydroxylation is 2. The lowest BCUT2D eigenvalue weighted by molar-refractivity contribution is 0.474. The van der Waals surface area contributed by atoms with Crippen LogP contribution in [0.2, 0.25) is 0 Å². The van der Waals surface area contributed by atoms with Gasteiger partial charge in [0, 0.05) is 21.4 Å². The monoisotopic (exact) mass is 320 g/mol. The average Bonchev–Trinajstić information content (AvgIpc) is 2.32. The molecule has 0 amide bonds. The van der Waals surface area contributed by atoms with Crippen LogP contribution in [0.5, 0.6) is 5.75 Å². The Hall–Kier alpha value is -1.95. The van der Waals surface area contributed by atoms with Crippen LogP contribution in [0.4, 0.5) is 5.95 Å². The Morgan fingerprint density at radius 1 is 1.21 bits per heavy atom. The molecule has 0 unspecified atom stereocenters. The van der Waals surface area contributed by atoms with E-state index in [9.17, 15) is 5.11 Å². The van der Waals surface area contributed by atoms with Gasteiger partial charge < -0.3 is 5.11 Å². The molecule has 2 rings (SSSR count). The molecule has 2 aromatic rings. The standard InChI is InChI=1S/C13H13BrN4O/c1-8-5-9(2)17-13(16-8)18-15-7-10-6-11(14)3-4-12(10)19/h3-7,19H,1-2H3,(H,16,17,18)/b15-7+. The van der Waals surface area contributed by atoms with Crippen molar-refractivity contribution in [2.75, 3.05) is 5.43 Å². The van der Waals surface area contributed by atoms with Gasteiger partial charge in [0.15, 0.2) is 0 Å². The Morgan fingerprint density at radius 3 is 2.58 bits per heavy atom. The van der Waals surface area contributed by atoms with Gasteiger partial charge in [-0.25, -0.2) is 15.4 Å². The van der Waals surface area contributed by atoms with Crippen molar-refractivity contribution in [3.63, 3.8) is 0 Å². The Bertz CT molecular complexity index is 608. The highest BCUT2D eigenvalue weighted by atomic mass is 79.9. The van der Waals surface area contributed by atoms with Gasteiger partial charge in [0.25, 0.3) is 0 Å². The number of rotatable bonds is 3. The molecule has 0 atom stereocenters. The van der Waals surface area contributed by atoms with Crippen LogP contribution in [-0.4, -0.2) is 21.3 Å². The van der Waals surface area contributed by atoms with Gasteiger partial charge >= 0.3 is 0 Å². The van der Waals surface area contributed by atoms with Crippen LogP contribution in [0.25, 0.3) is 0 Å². The maximum absolute atomic E-state index is 9.65. The minimum atomic E-state index is 0.162. The molecule has 1 heterocycles. The Balaban J connectivity index is 2.13. The zero-order valence-corrected chi connectivity index (χ0v) is 12.1. The zero-order valence-electron chi connectivity index (χ0n) is 10.6. The van der Waals surface area contributed by atoms with Gasteiger partial charge in [-0.2, -0.15) is 5.10 Å². The molecule has 5 nitrogen and oxygen atoms in total. The van der Waals surface area contributed by atoms with E-state index in [-0.39, 0.29) is 5.75 Å². The van der Waals surface area contributed by atoms with Crippen molar-refractivity contribution < 1.29 is 5.11 Å². The van der Waals surface area contributed by atoms with Crippen LogP contribution in [0.3, 0.4) is 0 Å². The summed E-state index contributed by atoms with van der Waals surface area (Å²) in [5.74, 6) is 0.596. The normalized spacial score (nSPS) is 10.9. The number of hydrogen-bond donors (Lipinski definition) is 2. The van der Waals surface area contributed by atoms with Crippen LogP contribution in [-0.2, 0) is 0 Å². The van der Waals surface area contributed by atoms with Crippen LogP contribution in [0.1, 0.15) is 17.0 Å². The first-order chi connectivity index (χ1) is 9.04. The summed E-state index contributed by atoms with van der Waals surface area (Å²) in [7, 11) is 0. The van der Waals surface area contributed by atoms with Gasteiger partial charge in [-0.15, -0.1) is 0 Å². The van der Waals surface area contributed by atoms with E-state index >= 15 is 0 Å². The van der Waals surface area contributed by atoms with Crippen LogP contribution < -0.4 is 5.43 Å². The van der Waals surface area contributed by atoms with Crippen molar-refractivity contribution in [1.29, 1.82) is 0 Å². The van der Waals surface area contributed by atoms with E-state index in [0.29, 0.717) is 11.5 Å². The number of hydrogen-bond acceptors (Lipinski definition) is 5. The molecule has 0 aliphatic rings. The highest BCUT2D eigenvalue weighted by Crippen LogP contribution is 2.20. The summed E-state index contributed by atoms with van der Waals surface area (Å²) in [4.78, 5) is 8.39. The highest BCUT2D eigenvalue weighted by Gasteiger charge is 2.00. The van der Waals surface area contributed by atoms with E-state index in [2.05, 4.69) is 36.4 Å². The van der Waals surface area contributed by atoms with Crippen molar-refractivity contribution in [1.82, 2.24) is 9.97 Å². The molecular weight excluding hydrogens is 308 g/mol. The fourth-order valence-electron chi connectivity index (χ4n) is 1.56. The van der Waals surface area contributed by atoms with E-state index in [1.54, 1.807) is 18.2 Å². The third-order valence-corrected chi connectivity index (χ3v) is 2.83. The fourth-order valence-corrected chi connectivity index (χ4v) is 1.94. The smallest absolute Gasteiger partial charge is 0.243 e. The third-order valence-electron chi connectivity index (χ3n) is 2.34. The maximum atomic E-state index is 9.65. The number of aromatic nitrogens is 2. The van der Waals surface area contributed by atoms with Gasteiger partial charge in [-0.1, -0.05) is 15.9 Å². The molecule has 2 N–H and O–H groups in total. The van der Waals surface area contributed by atoms with Gasteiger partial charge in [-0.05, 0) is 38.1 Å². The van der Waals surface area contributed by atoms with Crippen molar-refractivity contribution in [2.45, 2.75) is 13.8 Å². The number of anilines is 1. The van der Waals surface area contributed by atoms with Crippen molar-refractivity contribution in [3.8, 4) is 5.75 Å². The Morgan fingerprint density at radius 2 is 1.89 bits per heavy atom. The third kappa shape index (κ3) is 3.75. The molecule has 0 aliphatic heterocycles. The summed E-state index contributed by atoms with van der Waals surface area (Å²) < 4.78 is 0.870. The molecule has 1 aromatic heterocycles. The van der Waals surface area contributed by atoms with E-state index in [4.69, 9.17) is 0 Å². The summed E-state index contributed by atoms with van der Waals surface area (Å²) in [6.45, 7) is 3.79. The van der Waals surface area contributed by atoms with Gasteiger partial charge in [-0.3, -0.25) is 0 Å². The summed E-state index contributed by atoms with van der Waals surface area (Å²) in [6, 6.07) is 7.00. The number of phenolic OH excluding ortho intramolecular Hbond substituents is 1. The Labute approximate surface area is 119 Å². The predicted molar refractivity (Wildman–Crippen MR) is 78.5 cm³/mol. The number of benzene rings is 1. The molecular formula is C13H13BrN4O. The van der Waals surface area contributed by atoms with E-state index in [0.717, 1.165) is 15.9 Å². The van der Waals surface area contributed by atoms with Crippen molar-refractivity contribution in [3.05, 3.63) is 45.7 Å². The maximum Gasteiger partial charge on any atom is 0.243 e. The SMILES string of the molecule is Cc1cc(C)nc(N/N=C/c2cc(Br)ccc2O)n1. The minimum Gasteiger partial charge on any atom is -0.507 e. The molecule has 0 saturated carbocycles. The van der Waals surface area contributed by atoms with Crippen molar-refractivity contribution in [2.24, 2.45) is 5.10 Å². The van der Waals surface area contributed by atoms with Crippen LogP contribution >= 0.6 is 15.9 Å². The van der Waals surface area contributed by atoms with Gasteiger partial charge in [0.1, 0.15) is 5.75 Å². The average molecular weight is 321 g/mol. The zero-order chi connectivity index (χ0) is 13.8. The number of phenols is 1. The predicted octanol–water partition coefficient (Wildman–Crippen LogP) is 3.01. The second kappa shape index (κ2) is 5.79. The highest BCUT2D eigenvalue weighted by molar-refractivity contribution is 9.10. The minimum absolute atomic E-state index is 0.162. The second-order valence-electron chi connectivity index (χ2n) is 4.05. The van der Waals surface area contributed by atoms with Gasteiger partial charge in [0.05, 0.1) is 6.21 Å². The van der Waals surface area contributed by atoms with E-state index in [1.165, 1.54) is 6.21 Å². The first-order valence-electron chi connectivity index (χ1n) is 5.64. The van der Waals surface area contributed by atoms with E-state index < -0.39 is 0 Å². The molecule has 1 aromatic carbocycles. The lowest BCUT2D eigenvalue weighted by Crippen LogP contribution is -1.99. The number of aromatic hydroxyl groups is 1. The van der Waals surface area contributed by atoms with Crippen LogP contribution in [0, 0.1) is 13.8 Å². The summed E-state index contributed by atoms with van der Waals surface area (Å²) in [6.07, 6.45) is 1.52. The molecule has 0 spiro atoms. The number of nitrogens with zero attached hydrogens (tertiary/aromatic N) is 3. The van der Waals surface area contributed by atoms with Gasteiger partial charge in [0.2, 0.25) is 5.95 Å². The summed E-state index contributed by atoms with van der Waals surface area (Å²) >= 11 is 3.33. The summed E-state index contributed by atoms with van der Waals surface area (Å²) in [5, 5.41) is 13.7. The molecule has 98 valence electrons. The quantitative estimate of drug-likeness (QED) is 0.673. The van der Waals surface area contributed by atoms with Crippen LogP contribution in [0.15, 0.2) is 33.8 Å². The lowest BCUT2D eigenvalue weighted by Gasteiger charge is -2.02. The summed E-state index contributed by atoms with van der Waals surface area (Å²) in [5.41, 5.74) is 5.09. The number of halogens is 1. The molecule has 0 radical (unpaired) electrons. The van der Waals surface area contributed by atoms with Crippen molar-refractivity contribution >= 4 is 28.1 Å². The Kier molecular flexibility index (Phi) is 4.11. The lowest BCUT2D eigenvalue weighted by atomic mass is 10.2. The number of hydrazone groups is 1. The molecule has 0 aliphatic carbocycles.